The number of hydrogen-bond donors (Lipinski definition) is 0. The lowest BCUT2D eigenvalue weighted by Crippen LogP contribution is -1.89. The molecule has 1 heterocycles. The molecule has 0 N–H and O–H groups in total. The van der Waals surface area contributed by atoms with Crippen molar-refractivity contribution < 1.29 is 9.21 Å². The number of Topliss-reactive ketones (excluding diaryl/α,β-unsaturated/α-hetero) is 1. The minimum absolute atomic E-state index is 0.0429. The fraction of sp³-hybridized carbons (Fsp3) is 0.273. The van der Waals surface area contributed by atoms with Crippen molar-refractivity contribution in [3.63, 3.8) is 0 Å². The van der Waals surface area contributed by atoms with Gasteiger partial charge in [0, 0.05) is 12.0 Å². The Morgan fingerprint density at radius 1 is 1.50 bits per heavy atom. The minimum atomic E-state index is 0.0429. The van der Waals surface area contributed by atoms with Gasteiger partial charge in [0.05, 0.1) is 0 Å². The maximum Gasteiger partial charge on any atom is 0.195 e. The first kappa shape index (κ1) is 8.94. The van der Waals surface area contributed by atoms with E-state index in [4.69, 9.17) is 4.42 Å². The standard InChI is InChI=1S/C11H11NO2/c1-3-11-12-9-5-4-8(7(2)13)6-10(9)14-11/h4-6H,3H2,1-2H3. The predicted octanol–water partition coefficient (Wildman–Crippen LogP) is 2.59. The second-order valence-corrected chi connectivity index (χ2v) is 3.20. The number of nitrogens with zero attached hydrogens (tertiary/aromatic N) is 1. The van der Waals surface area contributed by atoms with E-state index >= 15 is 0 Å². The van der Waals surface area contributed by atoms with Gasteiger partial charge in [0.25, 0.3) is 0 Å². The molecule has 0 fully saturated rings. The third kappa shape index (κ3) is 1.41. The molecule has 3 heteroatoms. The Bertz CT molecular complexity index is 485. The maximum atomic E-state index is 11.1. The average molecular weight is 189 g/mol. The molecule has 0 atom stereocenters. The van der Waals surface area contributed by atoms with Crippen molar-refractivity contribution >= 4 is 16.9 Å². The van der Waals surface area contributed by atoms with Crippen LogP contribution in [-0.2, 0) is 6.42 Å². The summed E-state index contributed by atoms with van der Waals surface area (Å²) in [5.74, 6) is 0.752. The highest BCUT2D eigenvalue weighted by Gasteiger charge is 2.06. The van der Waals surface area contributed by atoms with E-state index in [-0.39, 0.29) is 5.78 Å². The first-order chi connectivity index (χ1) is 6.70. The third-order valence-corrected chi connectivity index (χ3v) is 2.14. The van der Waals surface area contributed by atoms with E-state index < -0.39 is 0 Å². The van der Waals surface area contributed by atoms with E-state index in [2.05, 4.69) is 4.98 Å². The molecule has 0 saturated carbocycles. The molecule has 0 radical (unpaired) electrons. The smallest absolute Gasteiger partial charge is 0.195 e. The molecule has 1 aromatic carbocycles. The molecule has 14 heavy (non-hydrogen) atoms. The molecule has 0 aliphatic carbocycles. The summed E-state index contributed by atoms with van der Waals surface area (Å²) in [4.78, 5) is 15.4. The Balaban J connectivity index is 2.59. The molecular weight excluding hydrogens is 178 g/mol. The number of aromatic nitrogens is 1. The zero-order valence-corrected chi connectivity index (χ0v) is 8.20. The summed E-state index contributed by atoms with van der Waals surface area (Å²) >= 11 is 0. The van der Waals surface area contributed by atoms with Gasteiger partial charge in [-0.1, -0.05) is 6.92 Å². The second kappa shape index (κ2) is 3.25. The van der Waals surface area contributed by atoms with E-state index in [9.17, 15) is 4.79 Å². The third-order valence-electron chi connectivity index (χ3n) is 2.14. The Labute approximate surface area is 81.7 Å². The largest absolute Gasteiger partial charge is 0.441 e. The van der Waals surface area contributed by atoms with Gasteiger partial charge in [-0.05, 0) is 25.1 Å². The maximum absolute atomic E-state index is 11.1. The molecule has 0 aliphatic heterocycles. The number of carbonyl (C=O) groups excluding carboxylic acids is 1. The van der Waals surface area contributed by atoms with Gasteiger partial charge in [-0.2, -0.15) is 0 Å². The first-order valence-corrected chi connectivity index (χ1v) is 4.61. The zero-order chi connectivity index (χ0) is 10.1. The Morgan fingerprint density at radius 3 is 2.93 bits per heavy atom. The van der Waals surface area contributed by atoms with Gasteiger partial charge < -0.3 is 4.42 Å². The lowest BCUT2D eigenvalue weighted by molar-refractivity contribution is 0.101. The van der Waals surface area contributed by atoms with Crippen molar-refractivity contribution in [1.82, 2.24) is 4.98 Å². The van der Waals surface area contributed by atoms with Crippen LogP contribution in [-0.4, -0.2) is 10.8 Å². The van der Waals surface area contributed by atoms with Crippen LogP contribution in [0.15, 0.2) is 22.6 Å². The van der Waals surface area contributed by atoms with Crippen LogP contribution in [0.25, 0.3) is 11.1 Å². The highest BCUT2D eigenvalue weighted by Crippen LogP contribution is 2.17. The highest BCUT2D eigenvalue weighted by molar-refractivity contribution is 5.96. The molecule has 0 unspecified atom stereocenters. The van der Waals surface area contributed by atoms with Crippen LogP contribution in [0.2, 0.25) is 0 Å². The highest BCUT2D eigenvalue weighted by atomic mass is 16.3. The van der Waals surface area contributed by atoms with Crippen LogP contribution in [0.1, 0.15) is 30.1 Å². The number of carbonyl (C=O) groups is 1. The van der Waals surface area contributed by atoms with Gasteiger partial charge in [-0.15, -0.1) is 0 Å². The van der Waals surface area contributed by atoms with E-state index in [0.717, 1.165) is 11.9 Å². The molecule has 1 aromatic heterocycles. The van der Waals surface area contributed by atoms with Crippen molar-refractivity contribution in [2.24, 2.45) is 0 Å². The van der Waals surface area contributed by atoms with Crippen LogP contribution in [0.3, 0.4) is 0 Å². The summed E-state index contributed by atoms with van der Waals surface area (Å²) in [5.41, 5.74) is 2.16. The molecule has 0 saturated heterocycles. The van der Waals surface area contributed by atoms with Crippen molar-refractivity contribution in [3.8, 4) is 0 Å². The lowest BCUT2D eigenvalue weighted by atomic mass is 10.1. The topological polar surface area (TPSA) is 43.1 Å². The van der Waals surface area contributed by atoms with Gasteiger partial charge in [0.2, 0.25) is 0 Å². The summed E-state index contributed by atoms with van der Waals surface area (Å²) in [6.07, 6.45) is 0.768. The number of aryl methyl sites for hydroxylation is 1. The van der Waals surface area contributed by atoms with Crippen molar-refractivity contribution in [3.05, 3.63) is 29.7 Å². The van der Waals surface area contributed by atoms with Gasteiger partial charge in [0.1, 0.15) is 5.52 Å². The molecule has 0 amide bonds. The Hall–Kier alpha value is -1.64. The monoisotopic (exact) mass is 189 g/mol. The molecule has 2 aromatic rings. The summed E-state index contributed by atoms with van der Waals surface area (Å²) < 4.78 is 5.44. The summed E-state index contributed by atoms with van der Waals surface area (Å²) in [5, 5.41) is 0. The average Bonchev–Trinajstić information content (AvgIpc) is 2.58. The van der Waals surface area contributed by atoms with E-state index in [1.54, 1.807) is 12.1 Å². The number of rotatable bonds is 2. The minimum Gasteiger partial charge on any atom is -0.441 e. The first-order valence-electron chi connectivity index (χ1n) is 4.61. The number of hydrogen-bond acceptors (Lipinski definition) is 3. The molecule has 3 nitrogen and oxygen atoms in total. The molecule has 2 rings (SSSR count). The molecule has 0 bridgehead atoms. The molecule has 72 valence electrons. The van der Waals surface area contributed by atoms with Gasteiger partial charge in [-0.25, -0.2) is 4.98 Å². The van der Waals surface area contributed by atoms with Crippen molar-refractivity contribution in [1.29, 1.82) is 0 Å². The number of oxazole rings is 1. The quantitative estimate of drug-likeness (QED) is 0.682. The number of benzene rings is 1. The zero-order valence-electron chi connectivity index (χ0n) is 8.20. The van der Waals surface area contributed by atoms with Gasteiger partial charge in [-0.3, -0.25) is 4.79 Å². The summed E-state index contributed by atoms with van der Waals surface area (Å²) in [6.45, 7) is 3.52. The number of fused-ring (bicyclic) bond motifs is 1. The Morgan fingerprint density at radius 2 is 2.29 bits per heavy atom. The summed E-state index contributed by atoms with van der Waals surface area (Å²) in [6, 6.07) is 5.32. The molecule has 0 aliphatic rings. The van der Waals surface area contributed by atoms with Gasteiger partial charge in [0.15, 0.2) is 17.3 Å². The van der Waals surface area contributed by atoms with Crippen LogP contribution in [0, 0.1) is 0 Å². The molecule has 0 spiro atoms. The van der Waals surface area contributed by atoms with Crippen molar-refractivity contribution in [2.45, 2.75) is 20.3 Å². The fourth-order valence-electron chi connectivity index (χ4n) is 1.34. The Kier molecular flexibility index (Phi) is 2.08. The van der Waals surface area contributed by atoms with Gasteiger partial charge >= 0.3 is 0 Å². The van der Waals surface area contributed by atoms with Crippen LogP contribution >= 0.6 is 0 Å². The lowest BCUT2D eigenvalue weighted by Gasteiger charge is -1.92. The second-order valence-electron chi connectivity index (χ2n) is 3.20. The van der Waals surface area contributed by atoms with Crippen LogP contribution in [0.5, 0.6) is 0 Å². The number of ketones is 1. The van der Waals surface area contributed by atoms with Crippen LogP contribution < -0.4 is 0 Å². The van der Waals surface area contributed by atoms with Crippen molar-refractivity contribution in [2.75, 3.05) is 0 Å². The van der Waals surface area contributed by atoms with E-state index in [0.29, 0.717) is 17.0 Å². The summed E-state index contributed by atoms with van der Waals surface area (Å²) in [7, 11) is 0. The normalized spacial score (nSPS) is 10.7. The fourth-order valence-corrected chi connectivity index (χ4v) is 1.34. The predicted molar refractivity (Wildman–Crippen MR) is 53.4 cm³/mol. The SMILES string of the molecule is CCc1nc2ccc(C(C)=O)cc2o1. The van der Waals surface area contributed by atoms with E-state index in [1.807, 2.05) is 13.0 Å². The molecular formula is C11H11NO2. The van der Waals surface area contributed by atoms with Crippen LogP contribution in [0.4, 0.5) is 0 Å². The van der Waals surface area contributed by atoms with E-state index in [1.165, 1.54) is 6.92 Å².